The number of hydrogen-bond acceptors (Lipinski definition) is 3. The topological polar surface area (TPSA) is 53.4 Å². The van der Waals surface area contributed by atoms with Gasteiger partial charge >= 0.3 is 6.03 Å². The lowest BCUT2D eigenvalue weighted by molar-refractivity contribution is 0.154. The minimum Gasteiger partial charge on any atom is -0.334 e. The molecule has 6 nitrogen and oxygen atoms in total. The summed E-state index contributed by atoms with van der Waals surface area (Å²) in [6.07, 6.45) is 4.03. The number of rotatable bonds is 3. The molecule has 0 aliphatic carbocycles. The highest BCUT2D eigenvalue weighted by Gasteiger charge is 2.48. The molecular formula is C19H31N5O. The first kappa shape index (κ1) is 16.9. The zero-order chi connectivity index (χ0) is 17.6. The maximum absolute atomic E-state index is 12.7. The van der Waals surface area contributed by atoms with Gasteiger partial charge < -0.3 is 10.2 Å². The predicted octanol–water partition coefficient (Wildman–Crippen LogP) is 2.15. The van der Waals surface area contributed by atoms with Crippen molar-refractivity contribution >= 4 is 6.03 Å². The van der Waals surface area contributed by atoms with Crippen molar-refractivity contribution in [1.82, 2.24) is 24.9 Å². The molecule has 3 atom stereocenters. The van der Waals surface area contributed by atoms with Crippen molar-refractivity contribution < 1.29 is 4.79 Å². The van der Waals surface area contributed by atoms with Crippen molar-refractivity contribution in [3.63, 3.8) is 0 Å². The van der Waals surface area contributed by atoms with Crippen molar-refractivity contribution in [2.45, 2.75) is 59.2 Å². The highest BCUT2D eigenvalue weighted by atomic mass is 16.2. The van der Waals surface area contributed by atoms with Gasteiger partial charge in [-0.3, -0.25) is 9.58 Å². The van der Waals surface area contributed by atoms with Crippen molar-refractivity contribution in [2.75, 3.05) is 26.2 Å². The van der Waals surface area contributed by atoms with Crippen LogP contribution < -0.4 is 5.32 Å². The van der Waals surface area contributed by atoms with Crippen LogP contribution in [0.25, 0.3) is 0 Å². The van der Waals surface area contributed by atoms with Crippen LogP contribution >= 0.6 is 0 Å². The average Bonchev–Trinajstić information content (AvgIpc) is 3.24. The molecule has 6 heteroatoms. The number of aryl methyl sites for hydroxylation is 2. The summed E-state index contributed by atoms with van der Waals surface area (Å²) in [6.45, 7) is 12.0. The summed E-state index contributed by atoms with van der Waals surface area (Å²) in [5, 5.41) is 7.68. The van der Waals surface area contributed by atoms with Gasteiger partial charge in [0, 0.05) is 50.0 Å². The predicted molar refractivity (Wildman–Crippen MR) is 97.4 cm³/mol. The molecule has 0 saturated carbocycles. The molecule has 0 unspecified atom stereocenters. The minimum atomic E-state index is 0.0970. The molecule has 1 aromatic rings. The van der Waals surface area contributed by atoms with Crippen LogP contribution in [0, 0.1) is 25.7 Å². The minimum absolute atomic E-state index is 0.0970. The van der Waals surface area contributed by atoms with Crippen molar-refractivity contribution in [1.29, 1.82) is 0 Å². The molecule has 0 aromatic carbocycles. The summed E-state index contributed by atoms with van der Waals surface area (Å²) < 4.78 is 2.01. The average molecular weight is 345 g/mol. The zero-order valence-corrected chi connectivity index (χ0v) is 15.8. The maximum Gasteiger partial charge on any atom is 0.317 e. The number of piperidine rings is 1. The summed E-state index contributed by atoms with van der Waals surface area (Å²) >= 11 is 0. The van der Waals surface area contributed by atoms with Gasteiger partial charge in [-0.25, -0.2) is 4.79 Å². The Labute approximate surface area is 150 Å². The van der Waals surface area contributed by atoms with E-state index in [9.17, 15) is 4.79 Å². The summed E-state index contributed by atoms with van der Waals surface area (Å²) in [7, 11) is 0. The summed E-state index contributed by atoms with van der Waals surface area (Å²) in [5.74, 6) is 1.37. The largest absolute Gasteiger partial charge is 0.334 e. The van der Waals surface area contributed by atoms with E-state index in [1.54, 1.807) is 0 Å². The molecule has 25 heavy (non-hydrogen) atoms. The molecule has 3 aliphatic heterocycles. The summed E-state index contributed by atoms with van der Waals surface area (Å²) in [4.78, 5) is 17.4. The van der Waals surface area contributed by atoms with E-state index >= 15 is 0 Å². The van der Waals surface area contributed by atoms with E-state index in [1.165, 1.54) is 32.4 Å². The van der Waals surface area contributed by atoms with Crippen LogP contribution in [0.3, 0.4) is 0 Å². The number of nitrogens with one attached hydrogen (secondary N) is 1. The van der Waals surface area contributed by atoms with Crippen molar-refractivity contribution in [3.05, 3.63) is 17.0 Å². The van der Waals surface area contributed by atoms with E-state index in [2.05, 4.69) is 34.1 Å². The van der Waals surface area contributed by atoms with Crippen LogP contribution in [-0.4, -0.2) is 57.8 Å². The van der Waals surface area contributed by atoms with Gasteiger partial charge in [0.15, 0.2) is 0 Å². The molecule has 3 saturated heterocycles. The molecule has 2 amide bonds. The fraction of sp³-hybridized carbons (Fsp3) is 0.789. The smallest absolute Gasteiger partial charge is 0.317 e. The Bertz CT molecular complexity index is 654. The number of fused-ring (bicyclic) bond motifs is 3. The van der Waals surface area contributed by atoms with Gasteiger partial charge in [0.1, 0.15) is 0 Å². The molecule has 0 bridgehead atoms. The Morgan fingerprint density at radius 2 is 2.08 bits per heavy atom. The van der Waals surface area contributed by atoms with Crippen LogP contribution in [0.1, 0.15) is 43.1 Å². The highest BCUT2D eigenvalue weighted by molar-refractivity contribution is 5.74. The molecule has 4 rings (SSSR count). The van der Waals surface area contributed by atoms with E-state index in [-0.39, 0.29) is 6.03 Å². The fourth-order valence-electron chi connectivity index (χ4n) is 5.29. The van der Waals surface area contributed by atoms with Gasteiger partial charge in [-0.05, 0) is 52.0 Å². The third-order valence-corrected chi connectivity index (χ3v) is 6.65. The standard InChI is InChI=1S/C19H31N5O/c1-4-24-14(3)16(13(2)21-24)9-20-19(25)23-11-15-10-22-8-6-5-7-18(22)17(15)12-23/h15,17-18H,4-12H2,1-3H3,(H,20,25)/t15-,17-,18+/m0/s1. The monoisotopic (exact) mass is 345 g/mol. The lowest BCUT2D eigenvalue weighted by Gasteiger charge is -2.33. The Kier molecular flexibility index (Phi) is 4.48. The SMILES string of the molecule is CCn1nc(C)c(CNC(=O)N2C[C@@H]3CN4CCCC[C@@H]4[C@H]3C2)c1C. The lowest BCUT2D eigenvalue weighted by Crippen LogP contribution is -2.43. The molecular weight excluding hydrogens is 314 g/mol. The quantitative estimate of drug-likeness (QED) is 0.913. The molecule has 4 heterocycles. The number of likely N-dealkylation sites (tertiary alicyclic amines) is 1. The number of aromatic nitrogens is 2. The maximum atomic E-state index is 12.7. The van der Waals surface area contributed by atoms with E-state index in [0.29, 0.717) is 18.4 Å². The fourth-order valence-corrected chi connectivity index (χ4v) is 5.29. The first-order valence-corrected chi connectivity index (χ1v) is 9.88. The number of hydrogen-bond donors (Lipinski definition) is 1. The zero-order valence-electron chi connectivity index (χ0n) is 15.8. The lowest BCUT2D eigenvalue weighted by atomic mass is 9.90. The highest BCUT2D eigenvalue weighted by Crippen LogP contribution is 2.40. The second-order valence-electron chi connectivity index (χ2n) is 8.01. The Balaban J connectivity index is 1.35. The van der Waals surface area contributed by atoms with E-state index in [0.717, 1.165) is 42.6 Å². The Morgan fingerprint density at radius 1 is 1.24 bits per heavy atom. The van der Waals surface area contributed by atoms with Gasteiger partial charge in [0.05, 0.1) is 5.69 Å². The number of amides is 2. The van der Waals surface area contributed by atoms with E-state index in [4.69, 9.17) is 0 Å². The Hall–Kier alpha value is -1.56. The first-order valence-electron chi connectivity index (χ1n) is 9.88. The molecule has 138 valence electrons. The van der Waals surface area contributed by atoms with Gasteiger partial charge in [0.2, 0.25) is 0 Å². The van der Waals surface area contributed by atoms with Crippen LogP contribution in [0.2, 0.25) is 0 Å². The Morgan fingerprint density at radius 3 is 2.84 bits per heavy atom. The van der Waals surface area contributed by atoms with Gasteiger partial charge in [0.25, 0.3) is 0 Å². The number of carbonyl (C=O) groups is 1. The van der Waals surface area contributed by atoms with Gasteiger partial charge in [-0.1, -0.05) is 6.42 Å². The molecule has 3 aliphatic rings. The molecule has 3 fully saturated rings. The summed E-state index contributed by atoms with van der Waals surface area (Å²) in [6, 6.07) is 0.823. The number of urea groups is 1. The first-order chi connectivity index (χ1) is 12.1. The summed E-state index contributed by atoms with van der Waals surface area (Å²) in [5.41, 5.74) is 3.35. The number of carbonyl (C=O) groups excluding carboxylic acids is 1. The van der Waals surface area contributed by atoms with Crippen LogP contribution in [0.15, 0.2) is 0 Å². The third-order valence-electron chi connectivity index (χ3n) is 6.65. The third kappa shape index (κ3) is 2.94. The van der Waals surface area contributed by atoms with Gasteiger partial charge in [-0.2, -0.15) is 5.10 Å². The van der Waals surface area contributed by atoms with Crippen molar-refractivity contribution in [2.24, 2.45) is 11.8 Å². The number of nitrogens with zero attached hydrogens (tertiary/aromatic N) is 4. The van der Waals surface area contributed by atoms with E-state index in [1.807, 2.05) is 11.6 Å². The molecule has 0 radical (unpaired) electrons. The van der Waals surface area contributed by atoms with E-state index < -0.39 is 0 Å². The molecule has 0 spiro atoms. The molecule has 1 N–H and O–H groups in total. The van der Waals surface area contributed by atoms with Crippen molar-refractivity contribution in [3.8, 4) is 0 Å². The van der Waals surface area contributed by atoms with Crippen LogP contribution in [0.5, 0.6) is 0 Å². The second kappa shape index (κ2) is 6.63. The second-order valence-corrected chi connectivity index (χ2v) is 8.01. The van der Waals surface area contributed by atoms with Crippen LogP contribution in [0.4, 0.5) is 4.79 Å². The van der Waals surface area contributed by atoms with Crippen LogP contribution in [-0.2, 0) is 13.1 Å². The normalized spacial score (nSPS) is 28.9. The molecule has 1 aromatic heterocycles. The van der Waals surface area contributed by atoms with Gasteiger partial charge in [-0.15, -0.1) is 0 Å².